The van der Waals surface area contributed by atoms with Gasteiger partial charge in [0.2, 0.25) is 0 Å². The molecule has 0 unspecified atom stereocenters. The van der Waals surface area contributed by atoms with Crippen LogP contribution < -0.4 is 38.9 Å². The van der Waals surface area contributed by atoms with Gasteiger partial charge >= 0.3 is 0 Å². The lowest BCUT2D eigenvalue weighted by Crippen LogP contribution is -3.02. The number of aliphatic carboxylic acids is 1. The number of carbonyl (C=O) groups is 1. The van der Waals surface area contributed by atoms with Gasteiger partial charge in [0.1, 0.15) is 0 Å². The molecule has 0 spiro atoms. The van der Waals surface area contributed by atoms with Gasteiger partial charge < -0.3 is 43.7 Å². The van der Waals surface area contributed by atoms with E-state index in [9.17, 15) is 0 Å². The van der Waals surface area contributed by atoms with E-state index in [-0.39, 0.29) is 24.0 Å². The summed E-state index contributed by atoms with van der Waals surface area (Å²) in [4.78, 5) is 11.7. The summed E-state index contributed by atoms with van der Waals surface area (Å²) >= 11 is 0. The molecule has 0 aliphatic rings. The number of quaternary nitrogens is 2. The lowest BCUT2D eigenvalue weighted by molar-refractivity contribution is -0.836. The minimum atomic E-state index is -1.08. The van der Waals surface area contributed by atoms with E-state index in [0.29, 0.717) is 0 Å². The van der Waals surface area contributed by atoms with Crippen LogP contribution in [-0.4, -0.2) is 48.3 Å². The van der Waals surface area contributed by atoms with Crippen LogP contribution in [0.3, 0.4) is 0 Å². The lowest BCUT2D eigenvalue weighted by atomic mass is 10.9. The van der Waals surface area contributed by atoms with Crippen molar-refractivity contribution in [2.24, 2.45) is 0 Å². The fraction of sp³-hybridized carbons (Fsp3) is 0.875. The molecule has 2 N–H and O–H groups in total. The van der Waals surface area contributed by atoms with Crippen LogP contribution in [0, 0.1) is 0 Å². The molecule has 0 rings (SSSR count). The minimum absolute atomic E-state index is 0. The molecule has 5 heteroatoms. The molecule has 0 amide bonds. The molecule has 0 aliphatic heterocycles. The first-order chi connectivity index (χ1) is 5.20. The van der Waals surface area contributed by atoms with Crippen LogP contribution in [0.4, 0.5) is 0 Å². The van der Waals surface area contributed by atoms with Crippen molar-refractivity contribution in [2.45, 2.75) is 6.92 Å². The SMILES string of the molecule is CC(=O)[O-].C[NH+](C)C.C[NH+](C)C.[I-]. The van der Waals surface area contributed by atoms with E-state index in [2.05, 4.69) is 42.3 Å². The Kier molecular flexibility index (Phi) is 32.1. The molecule has 0 bridgehead atoms. The van der Waals surface area contributed by atoms with Crippen molar-refractivity contribution >= 4 is 5.97 Å². The average molecular weight is 306 g/mol. The fourth-order valence-corrected chi connectivity index (χ4v) is 0. The summed E-state index contributed by atoms with van der Waals surface area (Å²) in [6.07, 6.45) is 0. The molecule has 0 saturated carbocycles. The first-order valence-corrected chi connectivity index (χ1v) is 3.91. The lowest BCUT2D eigenvalue weighted by Gasteiger charge is -1.88. The van der Waals surface area contributed by atoms with Gasteiger partial charge in [-0.1, -0.05) is 0 Å². The number of nitrogens with one attached hydrogen (secondary N) is 2. The first kappa shape index (κ1) is 23.2. The highest BCUT2D eigenvalue weighted by Gasteiger charge is 1.61. The summed E-state index contributed by atoms with van der Waals surface area (Å²) in [5, 5.41) is 8.89. The highest BCUT2D eigenvalue weighted by atomic mass is 127. The van der Waals surface area contributed by atoms with Gasteiger partial charge in [0.25, 0.3) is 0 Å². The third kappa shape index (κ3) is 86200. The van der Waals surface area contributed by atoms with Crippen LogP contribution >= 0.6 is 0 Å². The summed E-state index contributed by atoms with van der Waals surface area (Å²) in [6.45, 7) is 0.972. The van der Waals surface area contributed by atoms with Crippen molar-refractivity contribution in [1.82, 2.24) is 0 Å². The van der Waals surface area contributed by atoms with Gasteiger partial charge in [0.05, 0.1) is 42.3 Å². The van der Waals surface area contributed by atoms with Crippen LogP contribution in [0.25, 0.3) is 0 Å². The van der Waals surface area contributed by atoms with E-state index in [1.54, 1.807) is 0 Å². The van der Waals surface area contributed by atoms with Crippen molar-refractivity contribution in [1.29, 1.82) is 0 Å². The summed E-state index contributed by atoms with van der Waals surface area (Å²) in [5.41, 5.74) is 0. The zero-order valence-electron chi connectivity index (χ0n) is 9.69. The Hall–Kier alpha value is 0.120. The predicted octanol–water partition coefficient (Wildman–Crippen LogP) is -6.72. The maximum atomic E-state index is 8.89. The van der Waals surface area contributed by atoms with Gasteiger partial charge in [0.15, 0.2) is 0 Å². The maximum absolute atomic E-state index is 8.89. The minimum Gasteiger partial charge on any atom is -1.00 e. The molecule has 0 heterocycles. The van der Waals surface area contributed by atoms with Crippen molar-refractivity contribution in [3.8, 4) is 0 Å². The average Bonchev–Trinajstić information content (AvgIpc) is 1.54. The smallest absolute Gasteiger partial charge is 0.0661 e. The number of rotatable bonds is 0. The largest absolute Gasteiger partial charge is 1.00 e. The number of carboxylic acids is 1. The van der Waals surface area contributed by atoms with Gasteiger partial charge in [-0.3, -0.25) is 0 Å². The molecule has 0 saturated heterocycles. The summed E-state index contributed by atoms with van der Waals surface area (Å²) in [5.74, 6) is -1.08. The standard InChI is InChI=1S/2C3H9N.C2H4O2.HI/c2*1-4(2)3;1-2(3)4;/h2*1-3H3;1H3,(H,3,4);1H. The monoisotopic (exact) mass is 306 g/mol. The van der Waals surface area contributed by atoms with Gasteiger partial charge in [-0.2, -0.15) is 0 Å². The van der Waals surface area contributed by atoms with Crippen LogP contribution in [-0.2, 0) is 4.79 Å². The first-order valence-electron chi connectivity index (χ1n) is 3.91. The molecular weight excluding hydrogens is 283 g/mol. The molecule has 84 valence electrons. The maximum Gasteiger partial charge on any atom is 0.0661 e. The number of carboxylic acid groups (broad SMARTS) is 1. The van der Waals surface area contributed by atoms with Crippen molar-refractivity contribution in [2.75, 3.05) is 42.3 Å². The van der Waals surface area contributed by atoms with Crippen LogP contribution in [0.15, 0.2) is 0 Å². The molecular formula is C8H23IN2O2. The van der Waals surface area contributed by atoms with Crippen molar-refractivity contribution < 1.29 is 43.7 Å². The Morgan fingerprint density at radius 3 is 0.923 bits per heavy atom. The second-order valence-electron chi connectivity index (χ2n) is 3.49. The molecule has 0 aliphatic carbocycles. The normalized spacial score (nSPS) is 7.46. The number of hydrogen-bond donors (Lipinski definition) is 2. The van der Waals surface area contributed by atoms with Crippen LogP contribution in [0.5, 0.6) is 0 Å². The zero-order valence-corrected chi connectivity index (χ0v) is 11.9. The molecule has 13 heavy (non-hydrogen) atoms. The van der Waals surface area contributed by atoms with Crippen LogP contribution in [0.2, 0.25) is 0 Å². The Labute approximate surface area is 98.9 Å². The topological polar surface area (TPSA) is 49.0 Å². The van der Waals surface area contributed by atoms with Gasteiger partial charge in [-0.15, -0.1) is 0 Å². The summed E-state index contributed by atoms with van der Waals surface area (Å²) < 4.78 is 0. The third-order valence-corrected chi connectivity index (χ3v) is 0. The number of hydrogen-bond acceptors (Lipinski definition) is 2. The molecule has 0 atom stereocenters. The van der Waals surface area contributed by atoms with E-state index in [1.807, 2.05) is 0 Å². The molecule has 4 nitrogen and oxygen atoms in total. The van der Waals surface area contributed by atoms with E-state index in [4.69, 9.17) is 9.90 Å². The van der Waals surface area contributed by atoms with Crippen molar-refractivity contribution in [3.63, 3.8) is 0 Å². The quantitative estimate of drug-likeness (QED) is 0.437. The molecule has 0 fully saturated rings. The van der Waals surface area contributed by atoms with Gasteiger partial charge in [-0.25, -0.2) is 0 Å². The summed E-state index contributed by atoms with van der Waals surface area (Å²) in [7, 11) is 12.5. The van der Waals surface area contributed by atoms with Gasteiger partial charge in [0, 0.05) is 5.97 Å². The second kappa shape index (κ2) is 18.0. The zero-order chi connectivity index (χ0) is 10.7. The second-order valence-corrected chi connectivity index (χ2v) is 3.49. The van der Waals surface area contributed by atoms with E-state index in [1.165, 1.54) is 9.80 Å². The molecule has 0 aromatic carbocycles. The highest BCUT2D eigenvalue weighted by molar-refractivity contribution is 5.60. The number of carbonyl (C=O) groups excluding carboxylic acids is 1. The number of halogens is 1. The Morgan fingerprint density at radius 2 is 0.923 bits per heavy atom. The van der Waals surface area contributed by atoms with E-state index < -0.39 is 5.97 Å². The fourth-order valence-electron chi connectivity index (χ4n) is 0. The van der Waals surface area contributed by atoms with E-state index in [0.717, 1.165) is 6.92 Å². The molecule has 0 aromatic heterocycles. The Morgan fingerprint density at radius 1 is 0.923 bits per heavy atom. The van der Waals surface area contributed by atoms with Gasteiger partial charge in [-0.05, 0) is 6.92 Å². The molecule has 0 aromatic rings. The Balaban J connectivity index is -0.0000000450. The highest BCUT2D eigenvalue weighted by Crippen LogP contribution is 1.31. The van der Waals surface area contributed by atoms with E-state index >= 15 is 0 Å². The predicted molar refractivity (Wildman–Crippen MR) is 48.2 cm³/mol. The Bertz CT molecular complexity index is 82.6. The third-order valence-electron chi connectivity index (χ3n) is 0. The summed E-state index contributed by atoms with van der Waals surface area (Å²) in [6, 6.07) is 0. The van der Waals surface area contributed by atoms with Crippen LogP contribution in [0.1, 0.15) is 6.92 Å². The molecule has 0 radical (unpaired) electrons. The van der Waals surface area contributed by atoms with Crippen molar-refractivity contribution in [3.05, 3.63) is 0 Å².